The SMILES string of the molecule is CS(=O)(=O)N1CCN(c2cc3nc(Cl)nc(N4CCOCC4)c3s2)CC1. The maximum atomic E-state index is 11.7. The van der Waals surface area contributed by atoms with Gasteiger partial charge in [0.05, 0.1) is 34.7 Å². The van der Waals surface area contributed by atoms with Gasteiger partial charge in [0, 0.05) is 39.3 Å². The molecule has 8 nitrogen and oxygen atoms in total. The molecule has 26 heavy (non-hydrogen) atoms. The van der Waals surface area contributed by atoms with Crippen molar-refractivity contribution in [3.63, 3.8) is 0 Å². The number of piperazine rings is 1. The number of hydrogen-bond donors (Lipinski definition) is 0. The van der Waals surface area contributed by atoms with Crippen LogP contribution in [0.4, 0.5) is 10.8 Å². The number of hydrogen-bond acceptors (Lipinski definition) is 8. The zero-order valence-corrected chi connectivity index (χ0v) is 16.8. The van der Waals surface area contributed by atoms with Crippen molar-refractivity contribution in [3.8, 4) is 0 Å². The number of morpholine rings is 1. The Morgan fingerprint density at radius 1 is 1.08 bits per heavy atom. The van der Waals surface area contributed by atoms with E-state index < -0.39 is 10.0 Å². The van der Waals surface area contributed by atoms with Crippen molar-refractivity contribution >= 4 is 54.0 Å². The fourth-order valence-corrected chi connectivity index (χ4v) is 5.42. The first-order valence-corrected chi connectivity index (χ1v) is 11.5. The molecule has 0 saturated carbocycles. The van der Waals surface area contributed by atoms with E-state index in [-0.39, 0.29) is 5.28 Å². The van der Waals surface area contributed by atoms with Gasteiger partial charge in [-0.3, -0.25) is 0 Å². The first kappa shape index (κ1) is 18.2. The average Bonchev–Trinajstić information content (AvgIpc) is 3.05. The van der Waals surface area contributed by atoms with Gasteiger partial charge < -0.3 is 14.5 Å². The molecule has 0 amide bonds. The van der Waals surface area contributed by atoms with E-state index in [9.17, 15) is 8.42 Å². The van der Waals surface area contributed by atoms with E-state index in [2.05, 4.69) is 19.8 Å². The number of rotatable bonds is 3. The van der Waals surface area contributed by atoms with E-state index in [1.54, 1.807) is 11.3 Å². The third-order valence-electron chi connectivity index (χ3n) is 4.64. The van der Waals surface area contributed by atoms with Crippen molar-refractivity contribution in [2.24, 2.45) is 0 Å². The van der Waals surface area contributed by atoms with Crippen LogP contribution in [0.5, 0.6) is 0 Å². The molecule has 0 unspecified atom stereocenters. The largest absolute Gasteiger partial charge is 0.378 e. The van der Waals surface area contributed by atoms with Crippen LogP contribution in [0.2, 0.25) is 5.28 Å². The highest BCUT2D eigenvalue weighted by Crippen LogP contribution is 2.38. The average molecular weight is 418 g/mol. The molecule has 0 bridgehead atoms. The molecule has 2 aromatic rings. The maximum absolute atomic E-state index is 11.7. The minimum absolute atomic E-state index is 0.241. The quantitative estimate of drug-likeness (QED) is 0.695. The molecule has 0 atom stereocenters. The molecule has 2 aromatic heterocycles. The monoisotopic (exact) mass is 417 g/mol. The predicted molar refractivity (Wildman–Crippen MR) is 104 cm³/mol. The molecular formula is C15H20ClN5O3S2. The summed E-state index contributed by atoms with van der Waals surface area (Å²) < 4.78 is 31.3. The third-order valence-corrected chi connectivity index (χ3v) is 7.30. The molecule has 2 fully saturated rings. The van der Waals surface area contributed by atoms with Gasteiger partial charge in [-0.05, 0) is 17.7 Å². The number of anilines is 2. The maximum Gasteiger partial charge on any atom is 0.224 e. The number of halogens is 1. The lowest BCUT2D eigenvalue weighted by molar-refractivity contribution is 0.122. The molecule has 11 heteroatoms. The number of sulfonamides is 1. The number of ether oxygens (including phenoxy) is 1. The van der Waals surface area contributed by atoms with Gasteiger partial charge >= 0.3 is 0 Å². The minimum atomic E-state index is -3.13. The molecule has 0 aromatic carbocycles. The minimum Gasteiger partial charge on any atom is -0.378 e. The first-order chi connectivity index (χ1) is 12.4. The van der Waals surface area contributed by atoms with Gasteiger partial charge in [-0.25, -0.2) is 13.4 Å². The topological polar surface area (TPSA) is 78.9 Å². The highest BCUT2D eigenvalue weighted by atomic mass is 35.5. The molecule has 4 heterocycles. The number of aromatic nitrogens is 2. The highest BCUT2D eigenvalue weighted by molar-refractivity contribution is 7.88. The Kier molecular flexibility index (Phi) is 4.95. The van der Waals surface area contributed by atoms with Gasteiger partial charge in [0.2, 0.25) is 15.3 Å². The van der Waals surface area contributed by atoms with E-state index in [0.29, 0.717) is 39.4 Å². The molecule has 2 saturated heterocycles. The summed E-state index contributed by atoms with van der Waals surface area (Å²) in [4.78, 5) is 13.2. The van der Waals surface area contributed by atoms with Crippen molar-refractivity contribution in [2.45, 2.75) is 0 Å². The Balaban J connectivity index is 1.62. The number of fused-ring (bicyclic) bond motifs is 1. The molecule has 4 rings (SSSR count). The second-order valence-electron chi connectivity index (χ2n) is 6.36. The molecule has 142 valence electrons. The van der Waals surface area contributed by atoms with Crippen LogP contribution < -0.4 is 9.80 Å². The zero-order chi connectivity index (χ0) is 18.3. The summed E-state index contributed by atoms with van der Waals surface area (Å²) >= 11 is 7.78. The second kappa shape index (κ2) is 7.08. The molecular weight excluding hydrogens is 398 g/mol. The number of nitrogens with zero attached hydrogens (tertiary/aromatic N) is 5. The highest BCUT2D eigenvalue weighted by Gasteiger charge is 2.26. The van der Waals surface area contributed by atoms with Crippen LogP contribution in [0.25, 0.3) is 10.2 Å². The molecule has 0 radical (unpaired) electrons. The van der Waals surface area contributed by atoms with Crippen molar-refractivity contribution < 1.29 is 13.2 Å². The van der Waals surface area contributed by atoms with E-state index >= 15 is 0 Å². The Bertz CT molecular complexity index is 905. The molecule has 2 aliphatic heterocycles. The van der Waals surface area contributed by atoms with Gasteiger partial charge in [-0.1, -0.05) is 0 Å². The van der Waals surface area contributed by atoms with Crippen LogP contribution >= 0.6 is 22.9 Å². The first-order valence-electron chi connectivity index (χ1n) is 8.42. The van der Waals surface area contributed by atoms with Crippen LogP contribution in [-0.4, -0.2) is 81.4 Å². The van der Waals surface area contributed by atoms with Crippen LogP contribution in [0.15, 0.2) is 6.07 Å². The van der Waals surface area contributed by atoms with Gasteiger partial charge in [-0.15, -0.1) is 11.3 Å². The smallest absolute Gasteiger partial charge is 0.224 e. The molecule has 0 N–H and O–H groups in total. The Hall–Kier alpha value is -1.20. The van der Waals surface area contributed by atoms with E-state index in [1.165, 1.54) is 10.6 Å². The fraction of sp³-hybridized carbons (Fsp3) is 0.600. The van der Waals surface area contributed by atoms with Gasteiger partial charge in [0.15, 0.2) is 5.82 Å². The van der Waals surface area contributed by atoms with Crippen molar-refractivity contribution in [2.75, 3.05) is 68.5 Å². The van der Waals surface area contributed by atoms with Crippen molar-refractivity contribution in [3.05, 3.63) is 11.3 Å². The van der Waals surface area contributed by atoms with Gasteiger partial charge in [-0.2, -0.15) is 9.29 Å². The predicted octanol–water partition coefficient (Wildman–Crippen LogP) is 1.26. The molecule has 2 aliphatic rings. The van der Waals surface area contributed by atoms with Crippen LogP contribution in [0.1, 0.15) is 0 Å². The van der Waals surface area contributed by atoms with Crippen molar-refractivity contribution in [1.29, 1.82) is 0 Å². The zero-order valence-electron chi connectivity index (χ0n) is 14.4. The standard InChI is InChI=1S/C15H20ClN5O3S2/c1-26(22,23)21-4-2-19(3-5-21)12-10-11-13(25-12)14(18-15(16)17-11)20-6-8-24-9-7-20/h10H,2-9H2,1H3. The van der Waals surface area contributed by atoms with Crippen LogP contribution in [-0.2, 0) is 14.8 Å². The fourth-order valence-electron chi connectivity index (χ4n) is 3.26. The molecule has 0 aliphatic carbocycles. The van der Waals surface area contributed by atoms with Gasteiger partial charge in [0.25, 0.3) is 0 Å². The van der Waals surface area contributed by atoms with E-state index in [4.69, 9.17) is 16.3 Å². The second-order valence-corrected chi connectivity index (χ2v) is 9.71. The Morgan fingerprint density at radius 3 is 2.42 bits per heavy atom. The summed E-state index contributed by atoms with van der Waals surface area (Å²) in [7, 11) is -3.13. The summed E-state index contributed by atoms with van der Waals surface area (Å²) in [6.07, 6.45) is 1.26. The summed E-state index contributed by atoms with van der Waals surface area (Å²) in [6, 6.07) is 2.02. The van der Waals surface area contributed by atoms with Gasteiger partial charge in [0.1, 0.15) is 0 Å². The normalized spacial score (nSPS) is 20.1. The summed E-state index contributed by atoms with van der Waals surface area (Å²) in [5, 5.41) is 1.31. The lowest BCUT2D eigenvalue weighted by atomic mass is 10.3. The lowest BCUT2D eigenvalue weighted by Gasteiger charge is -2.33. The number of thiophene rings is 1. The van der Waals surface area contributed by atoms with Crippen LogP contribution in [0, 0.1) is 0 Å². The van der Waals surface area contributed by atoms with Crippen LogP contribution in [0.3, 0.4) is 0 Å². The third kappa shape index (κ3) is 3.61. The summed E-state index contributed by atoms with van der Waals surface area (Å²) in [6.45, 7) is 5.22. The summed E-state index contributed by atoms with van der Waals surface area (Å²) in [5.41, 5.74) is 0.831. The van der Waals surface area contributed by atoms with E-state index in [1.807, 2.05) is 6.07 Å². The Morgan fingerprint density at radius 2 is 1.77 bits per heavy atom. The lowest BCUT2D eigenvalue weighted by Crippen LogP contribution is -2.48. The summed E-state index contributed by atoms with van der Waals surface area (Å²) in [5.74, 6) is 0.856. The van der Waals surface area contributed by atoms with Crippen molar-refractivity contribution in [1.82, 2.24) is 14.3 Å². The molecule has 0 spiro atoms. The van der Waals surface area contributed by atoms with E-state index in [0.717, 1.165) is 34.1 Å². The Labute approximate surface area is 161 Å².